The summed E-state index contributed by atoms with van der Waals surface area (Å²) in [6.45, 7) is 12.4. The van der Waals surface area contributed by atoms with Gasteiger partial charge in [0.25, 0.3) is 0 Å². The second-order valence-corrected chi connectivity index (χ2v) is 33.2. The van der Waals surface area contributed by atoms with Gasteiger partial charge in [-0.1, -0.05) is 24.3 Å². The van der Waals surface area contributed by atoms with Crippen LogP contribution in [0.4, 0.5) is 20.2 Å². The van der Waals surface area contributed by atoms with E-state index in [-0.39, 0.29) is 42.4 Å². The van der Waals surface area contributed by atoms with Gasteiger partial charge in [-0.2, -0.15) is 15.8 Å². The molecule has 128 heavy (non-hydrogen) atoms. The van der Waals surface area contributed by atoms with Gasteiger partial charge in [-0.3, -0.25) is 24.4 Å². The molecule has 0 spiro atoms. The number of aliphatic hydroxyl groups excluding tert-OH is 2. The van der Waals surface area contributed by atoms with E-state index < -0.39 is 37.7 Å². The molecule has 31 heteroatoms. The summed E-state index contributed by atoms with van der Waals surface area (Å²) in [7, 11) is 1.69. The number of fused-ring (bicyclic) bond motifs is 3. The number of H-pyrrole nitrogens is 1. The fourth-order valence-electron chi connectivity index (χ4n) is 18.0. The van der Waals surface area contributed by atoms with Crippen molar-refractivity contribution in [2.45, 2.75) is 87.8 Å². The number of piperidine rings is 2. The van der Waals surface area contributed by atoms with Crippen LogP contribution < -0.4 is 28.7 Å². The summed E-state index contributed by atoms with van der Waals surface area (Å²) in [5.74, 6) is -1.66. The largest absolute Gasteiger partial charge is 0.495 e. The van der Waals surface area contributed by atoms with Crippen molar-refractivity contribution in [3.05, 3.63) is 221 Å². The van der Waals surface area contributed by atoms with Crippen molar-refractivity contribution >= 4 is 57.5 Å². The Balaban J connectivity index is 0.000000131. The predicted octanol–water partition coefficient (Wildman–Crippen LogP) is 11.2. The number of rotatable bonds is 21. The number of likely N-dealkylation sites (tertiary alicyclic amines) is 2. The number of halogens is 2. The summed E-state index contributed by atoms with van der Waals surface area (Å²) < 4.78 is 71.8. The number of aliphatic hydroxyl groups is 2. The van der Waals surface area contributed by atoms with Gasteiger partial charge < -0.3 is 72.5 Å². The lowest BCUT2D eigenvalue weighted by molar-refractivity contribution is -0.161. The van der Waals surface area contributed by atoms with Gasteiger partial charge in [-0.05, 0) is 143 Å². The van der Waals surface area contributed by atoms with E-state index in [2.05, 4.69) is 156 Å². The topological polar surface area (TPSA) is 341 Å². The van der Waals surface area contributed by atoms with E-state index >= 15 is 0 Å². The number of aromatic nitrogens is 9. The van der Waals surface area contributed by atoms with Gasteiger partial charge in [0.15, 0.2) is 6.10 Å². The lowest BCUT2D eigenvalue weighted by atomic mass is 10.0. The van der Waals surface area contributed by atoms with Crippen LogP contribution in [0, 0.1) is 34.0 Å². The van der Waals surface area contributed by atoms with Crippen molar-refractivity contribution in [2.75, 3.05) is 148 Å². The Labute approximate surface area is 738 Å². The minimum Gasteiger partial charge on any atom is -0.495 e. The Bertz CT molecular complexity index is 6090. The number of alkyl halides is 2. The second kappa shape index (κ2) is 38.4. The molecule has 7 aliphatic heterocycles. The molecule has 2 amide bonds. The highest BCUT2D eigenvalue weighted by atomic mass is 19.3. The fourth-order valence-corrected chi connectivity index (χ4v) is 18.0. The van der Waals surface area contributed by atoms with E-state index in [9.17, 15) is 34.2 Å². The van der Waals surface area contributed by atoms with Crippen molar-refractivity contribution < 1.29 is 61.7 Å². The summed E-state index contributed by atoms with van der Waals surface area (Å²) in [5, 5.41) is 47.8. The number of pyridine rings is 1. The molecule has 654 valence electrons. The summed E-state index contributed by atoms with van der Waals surface area (Å²) in [6.07, 6.45) is 17.3. The highest BCUT2D eigenvalue weighted by Crippen LogP contribution is 2.43. The molecular formula is C97H96F2N18O11. The number of aromatic amines is 1. The maximum atomic E-state index is 14.9. The molecule has 12 heterocycles. The molecule has 2 aliphatic carbocycles. The monoisotopic (exact) mass is 1730 g/mol. The van der Waals surface area contributed by atoms with E-state index in [1.807, 2.05) is 48.9 Å². The summed E-state index contributed by atoms with van der Waals surface area (Å²) in [4.78, 5) is 71.3. The van der Waals surface area contributed by atoms with Gasteiger partial charge in [0.05, 0.1) is 128 Å². The Kier molecular flexibility index (Phi) is 25.6. The van der Waals surface area contributed by atoms with Crippen LogP contribution in [-0.4, -0.2) is 261 Å². The van der Waals surface area contributed by atoms with Gasteiger partial charge in [0, 0.05) is 181 Å². The Hall–Kier alpha value is -13.4. The lowest BCUT2D eigenvalue weighted by Crippen LogP contribution is -2.56. The van der Waals surface area contributed by atoms with Gasteiger partial charge >= 0.3 is 5.92 Å². The number of hydrogen-bond donors (Lipinski definition) is 3. The Morgan fingerprint density at radius 1 is 0.539 bits per heavy atom. The molecule has 1 atom stereocenters. The first-order valence-corrected chi connectivity index (χ1v) is 43.4. The quantitative estimate of drug-likeness (QED) is 0.0601. The molecule has 0 bridgehead atoms. The standard InChI is InChI=1S/C35H36F2N6O5.C33H35N7O4.C29H25N5O2/c1-46-31-15-22(2-4-29(31)42-10-8-41(9-11-42)26-18-47-19-26)24-13-27-28(14-24)39-21-40-34(27)23-3-5-30(25(12-23)16-38)48-32-6-7-43(33(45)17-44)20-35(32,36)37;34-18-24-17-23(3-6-29(24)44-27-8-11-40(12-9-27)30(42)19-41)31-32-28(7-10-35-31)36-33(37-32)22-1-4-25(5-2-22)38-13-15-39(16-14-38)26-20-43-21-26;30-16-24-13-22(4-5-28(24)36-25-6-10-35-11-7-25)29-26-14-23(15-27(26)32-18-33-29)21-3-1-2-20(12-21)17-34-9-8-31-19-34/h2-5,12-13,15,21,26,32,44H,6-11,14,17-20H2,1H3;1-7,10,17,26-27,41H,8-9,11-16,19-21H2,(H,36,37);1-5,8-9,12-14,18-19,25H,6-7,10-11,15,17H2. The number of carbonyl (C=O) groups is 2. The number of imidazole rings is 2. The molecule has 0 saturated carbocycles. The van der Waals surface area contributed by atoms with Crippen molar-refractivity contribution in [2.24, 2.45) is 0 Å². The number of anilines is 2. The summed E-state index contributed by atoms with van der Waals surface area (Å²) >= 11 is 0. The molecule has 29 nitrogen and oxygen atoms in total. The van der Waals surface area contributed by atoms with E-state index in [0.29, 0.717) is 97.2 Å². The number of amides is 2. The van der Waals surface area contributed by atoms with E-state index in [0.717, 1.165) is 194 Å². The summed E-state index contributed by atoms with van der Waals surface area (Å²) in [5.41, 5.74) is 19.7. The first-order valence-electron chi connectivity index (χ1n) is 43.4. The molecule has 7 fully saturated rings. The Morgan fingerprint density at radius 3 is 1.62 bits per heavy atom. The van der Waals surface area contributed by atoms with Crippen LogP contribution in [0.3, 0.4) is 0 Å². The predicted molar refractivity (Wildman–Crippen MR) is 474 cm³/mol. The number of nitrogens with zero attached hydrogens (tertiary/aromatic N) is 17. The number of methoxy groups -OCH3 is 1. The number of hydrogen-bond acceptors (Lipinski definition) is 25. The average Bonchev–Trinajstić information content (AvgIpc) is 1.58. The molecule has 9 aliphatic rings. The number of benzene rings is 6. The highest BCUT2D eigenvalue weighted by Gasteiger charge is 2.48. The van der Waals surface area contributed by atoms with Crippen molar-refractivity contribution in [3.8, 4) is 86.4 Å². The molecule has 6 aromatic carbocycles. The third kappa shape index (κ3) is 18.7. The molecule has 7 saturated heterocycles. The minimum absolute atomic E-state index is 0.0174. The zero-order valence-electron chi connectivity index (χ0n) is 70.9. The first kappa shape index (κ1) is 85.4. The lowest BCUT2D eigenvalue weighted by Gasteiger charge is -2.43. The van der Waals surface area contributed by atoms with Crippen LogP contribution >= 0.6 is 0 Å². The van der Waals surface area contributed by atoms with Gasteiger partial charge in [0.2, 0.25) is 11.8 Å². The SMILES string of the molecule is COc1cc(C2=Cc3c(ncnc3-c3ccc(OC4CCN(C(=O)CO)CC4(F)F)c(C#N)c3)C2)ccc1N1CCN(C2COC2)CC1.N#Cc1cc(-c2nccc3[nH]c(-c4ccc(N5CCN(C6COC6)CC5)cc4)nc23)ccc1OC1CCN(C(=O)CO)CC1.N#Cc1cc(-c2ncnc3c2C=C(c2cccc(Cn4ccnc4)c2)C3)ccc1OC1CCOCC1. The van der Waals surface area contributed by atoms with Crippen molar-refractivity contribution in [1.29, 1.82) is 15.8 Å². The maximum absolute atomic E-state index is 14.9. The zero-order chi connectivity index (χ0) is 87.8. The molecular weight excluding hydrogens is 1630 g/mol. The van der Waals surface area contributed by atoms with Crippen LogP contribution in [-0.2, 0) is 43.2 Å². The van der Waals surface area contributed by atoms with Crippen molar-refractivity contribution in [3.63, 3.8) is 0 Å². The van der Waals surface area contributed by atoms with Gasteiger partial charge in [-0.25, -0.2) is 38.7 Å². The molecule has 3 N–H and O–H groups in total. The van der Waals surface area contributed by atoms with Gasteiger partial charge in [0.1, 0.15) is 90.6 Å². The van der Waals surface area contributed by atoms with Crippen LogP contribution in [0.15, 0.2) is 165 Å². The Morgan fingerprint density at radius 2 is 1.08 bits per heavy atom. The van der Waals surface area contributed by atoms with Crippen LogP contribution in [0.25, 0.3) is 79.5 Å². The molecule has 0 radical (unpaired) electrons. The first-order chi connectivity index (χ1) is 62.6. The van der Waals surface area contributed by atoms with Crippen LogP contribution in [0.5, 0.6) is 23.0 Å². The average molecular weight is 1730 g/mol. The smallest absolute Gasteiger partial charge is 0.301 e. The number of carbonyl (C=O) groups excluding carboxylic acids is 2. The molecule has 1 unspecified atom stereocenters. The van der Waals surface area contributed by atoms with E-state index in [1.165, 1.54) is 34.8 Å². The number of ether oxygens (including phenoxy) is 7. The fraction of sp³-hybridized carbons (Fsp3) is 0.361. The van der Waals surface area contributed by atoms with Crippen molar-refractivity contribution in [1.82, 2.24) is 64.0 Å². The van der Waals surface area contributed by atoms with Gasteiger partial charge in [-0.15, -0.1) is 0 Å². The summed E-state index contributed by atoms with van der Waals surface area (Å²) in [6, 6.07) is 49.1. The second-order valence-electron chi connectivity index (χ2n) is 33.2. The molecule has 20 rings (SSSR count). The van der Waals surface area contributed by atoms with Crippen LogP contribution in [0.1, 0.15) is 88.0 Å². The number of nitrogens with one attached hydrogen (secondary N) is 1. The maximum Gasteiger partial charge on any atom is 0.301 e. The highest BCUT2D eigenvalue weighted by molar-refractivity contribution is 5.95. The van der Waals surface area contributed by atoms with E-state index in [1.54, 1.807) is 48.9 Å². The normalized spacial score (nSPS) is 18.4. The number of piperazine rings is 2. The molecule has 5 aromatic heterocycles. The number of allylic oxidation sites excluding steroid dienone is 2. The van der Waals surface area contributed by atoms with Crippen LogP contribution in [0.2, 0.25) is 0 Å². The third-order valence-corrected chi connectivity index (χ3v) is 25.3. The number of nitriles is 3. The van der Waals surface area contributed by atoms with E-state index in [4.69, 9.17) is 48.4 Å². The minimum atomic E-state index is -3.36. The zero-order valence-corrected chi connectivity index (χ0v) is 70.9. The molecule has 11 aromatic rings. The third-order valence-electron chi connectivity index (χ3n) is 25.3.